The van der Waals surface area contributed by atoms with Gasteiger partial charge in [0.05, 0.1) is 0 Å². The number of benzene rings is 1. The molecule has 0 fully saturated rings. The molecule has 0 saturated heterocycles. The van der Waals surface area contributed by atoms with Gasteiger partial charge in [-0.2, -0.15) is 0 Å². The maximum Gasteiger partial charge on any atom is 0.0462 e. The van der Waals surface area contributed by atoms with E-state index in [0.717, 1.165) is 19.6 Å². The van der Waals surface area contributed by atoms with Crippen LogP contribution in [0.15, 0.2) is 18.2 Å². The second-order valence-electron chi connectivity index (χ2n) is 5.34. The van der Waals surface area contributed by atoms with Crippen molar-refractivity contribution in [2.45, 2.75) is 32.2 Å². The largest absolute Gasteiger partial charge is 0.385 e. The highest BCUT2D eigenvalue weighted by molar-refractivity contribution is 5.59. The summed E-state index contributed by atoms with van der Waals surface area (Å²) in [6.07, 6.45) is 3.54. The third-order valence-electron chi connectivity index (χ3n) is 4.05. The molecule has 1 N–H and O–H groups in total. The van der Waals surface area contributed by atoms with E-state index in [1.807, 2.05) is 7.05 Å². The first-order valence-electron chi connectivity index (χ1n) is 7.30. The maximum absolute atomic E-state index is 5.10. The molecule has 0 saturated carbocycles. The Balaban J connectivity index is 1.97. The lowest BCUT2D eigenvalue weighted by Crippen LogP contribution is -2.21. The van der Waals surface area contributed by atoms with Crippen LogP contribution < -0.4 is 10.2 Å². The third-order valence-corrected chi connectivity index (χ3v) is 4.05. The standard InChI is InChI=1S/C16H26N2O/c1-13(17-2)14-6-7-16-15(12-14)8-10-18(16)9-4-5-11-19-3/h6-7,12-13,17H,4-5,8-11H2,1-3H3. The summed E-state index contributed by atoms with van der Waals surface area (Å²) in [6.45, 7) is 5.40. The van der Waals surface area contributed by atoms with Crippen LogP contribution in [0.1, 0.15) is 36.9 Å². The van der Waals surface area contributed by atoms with Gasteiger partial charge >= 0.3 is 0 Å². The van der Waals surface area contributed by atoms with E-state index < -0.39 is 0 Å². The van der Waals surface area contributed by atoms with Gasteiger partial charge in [0.25, 0.3) is 0 Å². The fourth-order valence-electron chi connectivity index (χ4n) is 2.71. The molecule has 2 rings (SSSR count). The number of unbranched alkanes of at least 4 members (excludes halogenated alkanes) is 1. The number of nitrogens with one attached hydrogen (secondary N) is 1. The van der Waals surface area contributed by atoms with Gasteiger partial charge in [0.2, 0.25) is 0 Å². The number of hydrogen-bond acceptors (Lipinski definition) is 3. The molecule has 0 bridgehead atoms. The van der Waals surface area contributed by atoms with Crippen molar-refractivity contribution in [1.82, 2.24) is 5.32 Å². The number of fused-ring (bicyclic) bond motifs is 1. The Bertz CT molecular complexity index is 406. The highest BCUT2D eigenvalue weighted by atomic mass is 16.5. The summed E-state index contributed by atoms with van der Waals surface area (Å²) in [5.74, 6) is 0. The molecule has 0 aliphatic carbocycles. The van der Waals surface area contributed by atoms with Gasteiger partial charge in [-0.1, -0.05) is 12.1 Å². The molecule has 1 aromatic rings. The monoisotopic (exact) mass is 262 g/mol. The molecular formula is C16H26N2O. The zero-order valence-electron chi connectivity index (χ0n) is 12.4. The lowest BCUT2D eigenvalue weighted by Gasteiger charge is -2.20. The zero-order chi connectivity index (χ0) is 13.7. The van der Waals surface area contributed by atoms with E-state index in [2.05, 4.69) is 35.3 Å². The maximum atomic E-state index is 5.10. The normalized spacial score (nSPS) is 15.6. The van der Waals surface area contributed by atoms with Crippen molar-refractivity contribution in [3.63, 3.8) is 0 Å². The number of methoxy groups -OCH3 is 1. The Morgan fingerprint density at radius 2 is 2.21 bits per heavy atom. The SMILES string of the molecule is CNC(C)c1ccc2c(c1)CCN2CCCCOC. The van der Waals surface area contributed by atoms with Gasteiger partial charge in [-0.25, -0.2) is 0 Å². The molecule has 0 aromatic heterocycles. The van der Waals surface area contributed by atoms with E-state index in [4.69, 9.17) is 4.74 Å². The molecule has 19 heavy (non-hydrogen) atoms. The summed E-state index contributed by atoms with van der Waals surface area (Å²) in [4.78, 5) is 2.51. The first-order chi connectivity index (χ1) is 9.26. The van der Waals surface area contributed by atoms with Crippen LogP contribution in [0.4, 0.5) is 5.69 Å². The predicted octanol–water partition coefficient (Wildman–Crippen LogP) is 2.76. The van der Waals surface area contributed by atoms with Crippen molar-refractivity contribution in [2.24, 2.45) is 0 Å². The van der Waals surface area contributed by atoms with Crippen LogP contribution in [0.25, 0.3) is 0 Å². The van der Waals surface area contributed by atoms with E-state index in [1.165, 1.54) is 36.2 Å². The van der Waals surface area contributed by atoms with Gasteiger partial charge in [0.1, 0.15) is 0 Å². The quantitative estimate of drug-likeness (QED) is 0.765. The van der Waals surface area contributed by atoms with Gasteiger partial charge < -0.3 is 15.0 Å². The summed E-state index contributed by atoms with van der Waals surface area (Å²) in [6, 6.07) is 7.35. The van der Waals surface area contributed by atoms with Gasteiger partial charge in [-0.05, 0) is 50.4 Å². The Hall–Kier alpha value is -1.06. The number of hydrogen-bond donors (Lipinski definition) is 1. The minimum atomic E-state index is 0.432. The van der Waals surface area contributed by atoms with E-state index in [0.29, 0.717) is 6.04 Å². The van der Waals surface area contributed by atoms with Crippen molar-refractivity contribution < 1.29 is 4.74 Å². The number of rotatable bonds is 7. The second kappa shape index (κ2) is 6.92. The van der Waals surface area contributed by atoms with Gasteiger partial charge in [0.15, 0.2) is 0 Å². The number of anilines is 1. The van der Waals surface area contributed by atoms with E-state index in [9.17, 15) is 0 Å². The zero-order valence-corrected chi connectivity index (χ0v) is 12.4. The lowest BCUT2D eigenvalue weighted by atomic mass is 10.0. The molecule has 1 aromatic carbocycles. The van der Waals surface area contributed by atoms with Crippen molar-refractivity contribution >= 4 is 5.69 Å². The molecule has 1 atom stereocenters. The smallest absolute Gasteiger partial charge is 0.0462 e. The van der Waals surface area contributed by atoms with Crippen LogP contribution in [0.3, 0.4) is 0 Å². The highest BCUT2D eigenvalue weighted by Gasteiger charge is 2.19. The van der Waals surface area contributed by atoms with Crippen LogP contribution >= 0.6 is 0 Å². The molecule has 0 radical (unpaired) electrons. The highest BCUT2D eigenvalue weighted by Crippen LogP contribution is 2.30. The summed E-state index contributed by atoms with van der Waals surface area (Å²) in [5.41, 5.74) is 4.33. The molecule has 1 heterocycles. The molecule has 106 valence electrons. The van der Waals surface area contributed by atoms with Crippen LogP contribution in [0.2, 0.25) is 0 Å². The second-order valence-corrected chi connectivity index (χ2v) is 5.34. The molecule has 0 amide bonds. The topological polar surface area (TPSA) is 24.5 Å². The molecule has 1 aliphatic heterocycles. The Morgan fingerprint density at radius 1 is 1.37 bits per heavy atom. The Kier molecular flexibility index (Phi) is 5.23. The summed E-state index contributed by atoms with van der Waals surface area (Å²) in [7, 11) is 3.79. The molecular weight excluding hydrogens is 236 g/mol. The molecule has 1 unspecified atom stereocenters. The summed E-state index contributed by atoms with van der Waals surface area (Å²) >= 11 is 0. The fourth-order valence-corrected chi connectivity index (χ4v) is 2.71. The predicted molar refractivity (Wildman–Crippen MR) is 80.9 cm³/mol. The minimum Gasteiger partial charge on any atom is -0.385 e. The van der Waals surface area contributed by atoms with Crippen LogP contribution in [-0.4, -0.2) is 33.9 Å². The van der Waals surface area contributed by atoms with Crippen molar-refractivity contribution in [2.75, 3.05) is 38.8 Å². The summed E-state index contributed by atoms with van der Waals surface area (Å²) in [5, 5.41) is 3.30. The molecule has 0 spiro atoms. The average Bonchev–Trinajstić information content (AvgIpc) is 2.85. The number of nitrogens with zero attached hydrogens (tertiary/aromatic N) is 1. The van der Waals surface area contributed by atoms with Crippen LogP contribution in [-0.2, 0) is 11.2 Å². The first kappa shape index (κ1) is 14.4. The van der Waals surface area contributed by atoms with Crippen LogP contribution in [0, 0.1) is 0 Å². The molecule has 3 nitrogen and oxygen atoms in total. The van der Waals surface area contributed by atoms with Gasteiger partial charge in [0, 0.05) is 38.5 Å². The third kappa shape index (κ3) is 3.48. The molecule has 3 heteroatoms. The first-order valence-corrected chi connectivity index (χ1v) is 7.30. The van der Waals surface area contributed by atoms with Crippen LogP contribution in [0.5, 0.6) is 0 Å². The fraction of sp³-hybridized carbons (Fsp3) is 0.625. The van der Waals surface area contributed by atoms with Crippen molar-refractivity contribution in [3.8, 4) is 0 Å². The Morgan fingerprint density at radius 3 is 2.95 bits per heavy atom. The van der Waals surface area contributed by atoms with Crippen molar-refractivity contribution in [1.29, 1.82) is 0 Å². The van der Waals surface area contributed by atoms with E-state index >= 15 is 0 Å². The van der Waals surface area contributed by atoms with E-state index in [1.54, 1.807) is 7.11 Å². The van der Waals surface area contributed by atoms with Crippen molar-refractivity contribution in [3.05, 3.63) is 29.3 Å². The number of ether oxygens (including phenoxy) is 1. The summed E-state index contributed by atoms with van der Waals surface area (Å²) < 4.78 is 5.10. The Labute approximate surface area is 116 Å². The van der Waals surface area contributed by atoms with Gasteiger partial charge in [-0.3, -0.25) is 0 Å². The lowest BCUT2D eigenvalue weighted by molar-refractivity contribution is 0.193. The average molecular weight is 262 g/mol. The van der Waals surface area contributed by atoms with E-state index in [-0.39, 0.29) is 0 Å². The van der Waals surface area contributed by atoms with Gasteiger partial charge in [-0.15, -0.1) is 0 Å². The minimum absolute atomic E-state index is 0.432. The molecule has 1 aliphatic rings.